The fourth-order valence-electron chi connectivity index (χ4n) is 3.68. The zero-order chi connectivity index (χ0) is 22.3. The van der Waals surface area contributed by atoms with Crippen molar-refractivity contribution in [2.24, 2.45) is 0 Å². The minimum absolute atomic E-state index is 0.0104. The molecule has 3 aromatic heterocycles. The number of ether oxygens (including phenoxy) is 1. The minimum Gasteiger partial charge on any atom is -0.378 e. The molecule has 4 heterocycles. The summed E-state index contributed by atoms with van der Waals surface area (Å²) in [6.07, 6.45) is 2.94. The Morgan fingerprint density at radius 3 is 2.65 bits per heavy atom. The number of fused-ring (bicyclic) bond motifs is 1. The smallest absolute Gasteiger partial charge is 0.247 e. The van der Waals surface area contributed by atoms with Crippen molar-refractivity contribution in [1.82, 2.24) is 24.2 Å². The first-order chi connectivity index (χ1) is 14.8. The molecule has 2 atom stereocenters. The lowest BCUT2D eigenvalue weighted by Crippen LogP contribution is -2.37. The monoisotopic (exact) mass is 464 g/mol. The highest BCUT2D eigenvalue weighted by Gasteiger charge is 2.33. The standard InChI is InChI=1S/C19H24N6O4S2/c1-20-13-9-24(10-14(13)29-4)16-6-5-12-17(26)15(31(27,28)23(2)3)11-25(18(12)22-16)19-21-7-8-30-19/h5-8,11,13-14,20H,9-10H2,1-4H3. The maximum atomic E-state index is 13.1. The van der Waals surface area contributed by atoms with E-state index in [0.717, 1.165) is 4.31 Å². The Bertz CT molecular complexity index is 1240. The van der Waals surface area contributed by atoms with Crippen LogP contribution in [0.4, 0.5) is 5.82 Å². The minimum atomic E-state index is -3.95. The number of anilines is 1. The molecular formula is C19H24N6O4S2. The van der Waals surface area contributed by atoms with Crippen LogP contribution in [0.3, 0.4) is 0 Å². The van der Waals surface area contributed by atoms with Crippen LogP contribution >= 0.6 is 11.3 Å². The summed E-state index contributed by atoms with van der Waals surface area (Å²) in [5, 5.41) is 5.77. The molecule has 0 saturated carbocycles. The summed E-state index contributed by atoms with van der Waals surface area (Å²) < 4.78 is 33.7. The SMILES string of the molecule is CNC1CN(c2ccc3c(=O)c(S(=O)(=O)N(C)C)cn(-c4nccs4)c3n2)CC1OC. The van der Waals surface area contributed by atoms with Crippen LogP contribution in [0.2, 0.25) is 0 Å². The van der Waals surface area contributed by atoms with Gasteiger partial charge >= 0.3 is 0 Å². The van der Waals surface area contributed by atoms with Crippen LogP contribution < -0.4 is 15.6 Å². The van der Waals surface area contributed by atoms with Gasteiger partial charge in [0, 0.05) is 52.1 Å². The van der Waals surface area contributed by atoms with Crippen molar-refractivity contribution in [3.05, 3.63) is 40.1 Å². The zero-order valence-corrected chi connectivity index (χ0v) is 19.3. The summed E-state index contributed by atoms with van der Waals surface area (Å²) >= 11 is 1.33. The average molecular weight is 465 g/mol. The third kappa shape index (κ3) is 3.74. The predicted molar refractivity (Wildman–Crippen MR) is 120 cm³/mol. The van der Waals surface area contributed by atoms with Crippen LogP contribution in [0.15, 0.2) is 39.6 Å². The second-order valence-corrected chi connectivity index (χ2v) is 10.4. The Hall–Kier alpha value is -2.38. The highest BCUT2D eigenvalue weighted by Crippen LogP contribution is 2.25. The van der Waals surface area contributed by atoms with E-state index in [1.165, 1.54) is 31.6 Å². The highest BCUT2D eigenvalue weighted by molar-refractivity contribution is 7.89. The van der Waals surface area contributed by atoms with E-state index in [-0.39, 0.29) is 22.4 Å². The van der Waals surface area contributed by atoms with E-state index >= 15 is 0 Å². The summed E-state index contributed by atoms with van der Waals surface area (Å²) in [4.78, 5) is 23.9. The summed E-state index contributed by atoms with van der Waals surface area (Å²) in [5.74, 6) is 0.681. The van der Waals surface area contributed by atoms with Gasteiger partial charge in [-0.3, -0.25) is 9.36 Å². The van der Waals surface area contributed by atoms with Gasteiger partial charge in [-0.2, -0.15) is 0 Å². The lowest BCUT2D eigenvalue weighted by atomic mass is 10.2. The predicted octanol–water partition coefficient (Wildman–Crippen LogP) is 0.516. The summed E-state index contributed by atoms with van der Waals surface area (Å²) in [7, 11) is 2.41. The topological polar surface area (TPSA) is 110 Å². The Labute approximate surface area is 184 Å². The number of sulfonamides is 1. The average Bonchev–Trinajstić information content (AvgIpc) is 3.43. The van der Waals surface area contributed by atoms with Gasteiger partial charge in [0.05, 0.1) is 17.5 Å². The number of pyridine rings is 2. The summed E-state index contributed by atoms with van der Waals surface area (Å²) in [5.41, 5.74) is -0.225. The maximum absolute atomic E-state index is 13.1. The first-order valence-corrected chi connectivity index (χ1v) is 11.9. The van der Waals surface area contributed by atoms with E-state index in [1.54, 1.807) is 35.4 Å². The van der Waals surface area contributed by atoms with Gasteiger partial charge in [-0.15, -0.1) is 11.3 Å². The molecule has 3 aromatic rings. The zero-order valence-electron chi connectivity index (χ0n) is 17.6. The van der Waals surface area contributed by atoms with Gasteiger partial charge in [0.25, 0.3) is 0 Å². The number of nitrogens with zero attached hydrogens (tertiary/aromatic N) is 5. The normalized spacial score (nSPS) is 19.6. The molecule has 166 valence electrons. The van der Waals surface area contributed by atoms with Gasteiger partial charge < -0.3 is 15.0 Å². The number of hydrogen-bond donors (Lipinski definition) is 1. The third-order valence-electron chi connectivity index (χ3n) is 5.45. The second kappa shape index (κ2) is 8.28. The molecule has 0 spiro atoms. The summed E-state index contributed by atoms with van der Waals surface area (Å²) in [6, 6.07) is 3.52. The first kappa shape index (κ1) is 21.8. The molecule has 1 aliphatic heterocycles. The van der Waals surface area contributed by atoms with Crippen molar-refractivity contribution in [3.63, 3.8) is 0 Å². The van der Waals surface area contributed by atoms with Crippen molar-refractivity contribution < 1.29 is 13.2 Å². The van der Waals surface area contributed by atoms with E-state index < -0.39 is 15.5 Å². The fraction of sp³-hybridized carbons (Fsp3) is 0.421. The lowest BCUT2D eigenvalue weighted by Gasteiger charge is -2.19. The molecule has 1 N–H and O–H groups in total. The maximum Gasteiger partial charge on any atom is 0.247 e. The van der Waals surface area contributed by atoms with Crippen LogP contribution in [0.25, 0.3) is 16.2 Å². The molecule has 12 heteroatoms. The van der Waals surface area contributed by atoms with Crippen LogP contribution in [-0.4, -0.2) is 80.7 Å². The van der Waals surface area contributed by atoms with E-state index in [9.17, 15) is 13.2 Å². The van der Waals surface area contributed by atoms with Gasteiger partial charge in [0.2, 0.25) is 15.5 Å². The molecule has 0 bridgehead atoms. The largest absolute Gasteiger partial charge is 0.378 e. The summed E-state index contributed by atoms with van der Waals surface area (Å²) in [6.45, 7) is 1.34. The molecule has 0 radical (unpaired) electrons. The molecule has 0 aromatic carbocycles. The van der Waals surface area contributed by atoms with Crippen molar-refractivity contribution in [1.29, 1.82) is 0 Å². The van der Waals surface area contributed by atoms with E-state index in [2.05, 4.69) is 15.2 Å². The number of nitrogens with one attached hydrogen (secondary N) is 1. The van der Waals surface area contributed by atoms with Crippen LogP contribution in [0, 0.1) is 0 Å². The van der Waals surface area contributed by atoms with Gasteiger partial charge in [0.1, 0.15) is 10.7 Å². The van der Waals surface area contributed by atoms with Crippen molar-refractivity contribution in [2.75, 3.05) is 46.2 Å². The molecule has 1 saturated heterocycles. The highest BCUT2D eigenvalue weighted by atomic mass is 32.2. The molecule has 4 rings (SSSR count). The van der Waals surface area contributed by atoms with Crippen molar-refractivity contribution in [3.8, 4) is 5.13 Å². The third-order valence-corrected chi connectivity index (χ3v) is 8.03. The number of rotatable bonds is 6. The van der Waals surface area contributed by atoms with Crippen molar-refractivity contribution >= 4 is 38.2 Å². The number of thiazole rings is 1. The Balaban J connectivity index is 1.92. The van der Waals surface area contributed by atoms with Gasteiger partial charge in [-0.25, -0.2) is 22.7 Å². The molecule has 0 aliphatic carbocycles. The molecule has 0 amide bonds. The Morgan fingerprint density at radius 1 is 1.29 bits per heavy atom. The van der Waals surface area contributed by atoms with E-state index in [1.807, 2.05) is 7.05 Å². The number of likely N-dealkylation sites (N-methyl/N-ethyl adjacent to an activating group) is 1. The number of methoxy groups -OCH3 is 1. The van der Waals surface area contributed by atoms with E-state index in [0.29, 0.717) is 29.7 Å². The lowest BCUT2D eigenvalue weighted by molar-refractivity contribution is 0.0996. The second-order valence-electron chi connectivity index (χ2n) is 7.41. The molecule has 31 heavy (non-hydrogen) atoms. The first-order valence-electron chi connectivity index (χ1n) is 9.61. The Morgan fingerprint density at radius 2 is 2.06 bits per heavy atom. The number of hydrogen-bond acceptors (Lipinski definition) is 9. The van der Waals surface area contributed by atoms with E-state index in [4.69, 9.17) is 9.72 Å². The number of aromatic nitrogens is 3. The molecule has 10 nitrogen and oxygen atoms in total. The van der Waals surface area contributed by atoms with Gasteiger partial charge in [-0.05, 0) is 19.2 Å². The van der Waals surface area contributed by atoms with Crippen LogP contribution in [-0.2, 0) is 14.8 Å². The molecule has 2 unspecified atom stereocenters. The van der Waals surface area contributed by atoms with Crippen molar-refractivity contribution in [2.45, 2.75) is 17.0 Å². The molecule has 1 fully saturated rings. The molecule has 1 aliphatic rings. The molecular weight excluding hydrogens is 440 g/mol. The van der Waals surface area contributed by atoms with Gasteiger partial charge in [-0.1, -0.05) is 0 Å². The fourth-order valence-corrected chi connectivity index (χ4v) is 5.28. The van der Waals surface area contributed by atoms with Gasteiger partial charge in [0.15, 0.2) is 10.8 Å². The van der Waals surface area contributed by atoms with Crippen LogP contribution in [0.5, 0.6) is 0 Å². The quantitative estimate of drug-likeness (QED) is 0.562. The van der Waals surface area contributed by atoms with Crippen LogP contribution in [0.1, 0.15) is 0 Å². The Kier molecular flexibility index (Phi) is 5.83.